The first kappa shape index (κ1) is 15.1. The van der Waals surface area contributed by atoms with E-state index in [2.05, 4.69) is 10.3 Å². The lowest BCUT2D eigenvalue weighted by atomic mass is 10.1. The van der Waals surface area contributed by atoms with E-state index < -0.39 is 18.3 Å². The van der Waals surface area contributed by atoms with Crippen molar-refractivity contribution in [3.8, 4) is 0 Å². The molecule has 6 nitrogen and oxygen atoms in total. The van der Waals surface area contributed by atoms with Crippen LogP contribution in [0.5, 0.6) is 0 Å². The van der Waals surface area contributed by atoms with Crippen LogP contribution in [0.2, 0.25) is 0 Å². The van der Waals surface area contributed by atoms with Gasteiger partial charge in [0.1, 0.15) is 18.8 Å². The van der Waals surface area contributed by atoms with Gasteiger partial charge in [0, 0.05) is 18.4 Å². The number of rotatable bonds is 6. The molecule has 2 aromatic rings. The molecule has 1 heterocycles. The average molecular weight is 290 g/mol. The predicted molar refractivity (Wildman–Crippen MR) is 76.4 cm³/mol. The molecule has 0 radical (unpaired) electrons. The lowest BCUT2D eigenvalue weighted by molar-refractivity contribution is 0.0162. The van der Waals surface area contributed by atoms with Crippen molar-refractivity contribution in [1.82, 2.24) is 10.3 Å². The van der Waals surface area contributed by atoms with Gasteiger partial charge in [0.25, 0.3) is 0 Å². The molecule has 0 saturated heterocycles. The maximum Gasteiger partial charge on any atom is 0.407 e. The monoisotopic (exact) mass is 290 g/mol. The van der Waals surface area contributed by atoms with Crippen LogP contribution in [0.1, 0.15) is 17.4 Å². The van der Waals surface area contributed by atoms with Crippen LogP contribution in [0.15, 0.2) is 48.7 Å². The molecule has 0 aliphatic rings. The number of aromatic amines is 1. The summed E-state index contributed by atoms with van der Waals surface area (Å²) in [5.74, 6) is 0. The van der Waals surface area contributed by atoms with Gasteiger partial charge in [0.05, 0.1) is 0 Å². The summed E-state index contributed by atoms with van der Waals surface area (Å²) in [5, 5.41) is 22.0. The summed E-state index contributed by atoms with van der Waals surface area (Å²) in [6.45, 7) is 0.0513. The van der Waals surface area contributed by atoms with E-state index >= 15 is 0 Å². The molecule has 0 bridgehead atoms. The number of amides is 1. The number of ether oxygens (including phenoxy) is 1. The predicted octanol–water partition coefficient (Wildman–Crippen LogP) is 1.34. The molecule has 2 rings (SSSR count). The van der Waals surface area contributed by atoms with Crippen molar-refractivity contribution in [2.24, 2.45) is 0 Å². The smallest absolute Gasteiger partial charge is 0.407 e. The van der Waals surface area contributed by atoms with Crippen molar-refractivity contribution in [3.05, 3.63) is 59.9 Å². The number of H-pyrrole nitrogens is 1. The highest BCUT2D eigenvalue weighted by Gasteiger charge is 2.19. The second kappa shape index (κ2) is 7.47. The van der Waals surface area contributed by atoms with Crippen LogP contribution in [-0.4, -0.2) is 33.9 Å². The number of aliphatic hydroxyl groups excluding tert-OH is 2. The van der Waals surface area contributed by atoms with Gasteiger partial charge in [-0.05, 0) is 17.7 Å². The Morgan fingerprint density at radius 1 is 1.19 bits per heavy atom. The fourth-order valence-corrected chi connectivity index (χ4v) is 1.81. The number of hydrogen-bond donors (Lipinski definition) is 4. The average Bonchev–Trinajstić information content (AvgIpc) is 3.05. The van der Waals surface area contributed by atoms with Gasteiger partial charge in [-0.1, -0.05) is 30.3 Å². The van der Waals surface area contributed by atoms with Crippen LogP contribution >= 0.6 is 0 Å². The van der Waals surface area contributed by atoms with Gasteiger partial charge in [-0.3, -0.25) is 0 Å². The zero-order valence-corrected chi connectivity index (χ0v) is 11.4. The van der Waals surface area contributed by atoms with Gasteiger partial charge in [0.15, 0.2) is 0 Å². The number of aromatic nitrogens is 1. The fraction of sp³-hybridized carbons (Fsp3) is 0.267. The summed E-state index contributed by atoms with van der Waals surface area (Å²) >= 11 is 0. The molecule has 2 unspecified atom stereocenters. The van der Waals surface area contributed by atoms with Gasteiger partial charge in [-0.2, -0.15) is 0 Å². The first-order valence-electron chi connectivity index (χ1n) is 6.61. The number of nitrogens with one attached hydrogen (secondary N) is 2. The molecule has 0 saturated carbocycles. The van der Waals surface area contributed by atoms with Gasteiger partial charge < -0.3 is 25.3 Å². The quantitative estimate of drug-likeness (QED) is 0.645. The number of carbonyl (C=O) groups is 1. The van der Waals surface area contributed by atoms with E-state index in [0.717, 1.165) is 5.56 Å². The van der Waals surface area contributed by atoms with E-state index in [1.807, 2.05) is 30.3 Å². The first-order chi connectivity index (χ1) is 10.2. The summed E-state index contributed by atoms with van der Waals surface area (Å²) in [5.41, 5.74) is 1.36. The van der Waals surface area contributed by atoms with Crippen molar-refractivity contribution >= 4 is 6.09 Å². The molecule has 0 spiro atoms. The highest BCUT2D eigenvalue weighted by atomic mass is 16.5. The normalized spacial score (nSPS) is 13.4. The van der Waals surface area contributed by atoms with Crippen molar-refractivity contribution < 1.29 is 19.7 Å². The first-order valence-corrected chi connectivity index (χ1v) is 6.61. The van der Waals surface area contributed by atoms with Crippen LogP contribution < -0.4 is 5.32 Å². The molecule has 1 aromatic carbocycles. The Hall–Kier alpha value is -2.31. The van der Waals surface area contributed by atoms with Gasteiger partial charge >= 0.3 is 6.09 Å². The molecule has 4 N–H and O–H groups in total. The minimum absolute atomic E-state index is 0.103. The van der Waals surface area contributed by atoms with Crippen molar-refractivity contribution in [3.63, 3.8) is 0 Å². The molecular weight excluding hydrogens is 272 g/mol. The molecule has 2 atom stereocenters. The third-order valence-electron chi connectivity index (χ3n) is 2.97. The van der Waals surface area contributed by atoms with Crippen molar-refractivity contribution in [2.45, 2.75) is 18.8 Å². The van der Waals surface area contributed by atoms with Gasteiger partial charge in [-0.25, -0.2) is 4.79 Å². The highest BCUT2D eigenvalue weighted by Crippen LogP contribution is 2.13. The van der Waals surface area contributed by atoms with E-state index in [1.165, 1.54) is 0 Å². The third kappa shape index (κ3) is 4.62. The fourth-order valence-electron chi connectivity index (χ4n) is 1.81. The molecular formula is C15H18N2O4. The molecule has 1 amide bonds. The van der Waals surface area contributed by atoms with E-state index in [4.69, 9.17) is 4.74 Å². The molecule has 21 heavy (non-hydrogen) atoms. The Bertz CT molecular complexity index is 542. The Morgan fingerprint density at radius 3 is 2.62 bits per heavy atom. The summed E-state index contributed by atoms with van der Waals surface area (Å²) in [4.78, 5) is 14.3. The maximum absolute atomic E-state index is 11.5. The Morgan fingerprint density at radius 2 is 1.95 bits per heavy atom. The van der Waals surface area contributed by atoms with Crippen LogP contribution in [-0.2, 0) is 11.3 Å². The van der Waals surface area contributed by atoms with Crippen LogP contribution in [0, 0.1) is 0 Å². The molecule has 0 fully saturated rings. The zero-order chi connectivity index (χ0) is 15.1. The number of aliphatic hydroxyl groups is 2. The topological polar surface area (TPSA) is 94.6 Å². The summed E-state index contributed by atoms with van der Waals surface area (Å²) in [6.07, 6.45) is -1.20. The summed E-state index contributed by atoms with van der Waals surface area (Å²) in [6, 6.07) is 12.6. The Labute approximate surface area is 122 Å². The van der Waals surface area contributed by atoms with E-state index in [1.54, 1.807) is 18.3 Å². The number of carbonyl (C=O) groups excluding carboxylic acids is 1. The molecule has 0 aliphatic heterocycles. The van der Waals surface area contributed by atoms with Gasteiger partial charge in [-0.15, -0.1) is 0 Å². The van der Waals surface area contributed by atoms with Crippen LogP contribution in [0.4, 0.5) is 4.79 Å². The highest BCUT2D eigenvalue weighted by molar-refractivity contribution is 5.67. The molecule has 1 aromatic heterocycles. The minimum Gasteiger partial charge on any atom is -0.445 e. The largest absolute Gasteiger partial charge is 0.445 e. The van der Waals surface area contributed by atoms with Crippen molar-refractivity contribution in [2.75, 3.05) is 6.54 Å². The number of alkyl carbamates (subject to hydrolysis) is 1. The second-order valence-corrected chi connectivity index (χ2v) is 4.58. The molecule has 0 aliphatic carbocycles. The minimum atomic E-state index is -1.12. The SMILES string of the molecule is O=C(NCC(O)C(O)c1ccc[nH]1)OCc1ccccc1. The Balaban J connectivity index is 1.71. The van der Waals surface area contributed by atoms with E-state index in [-0.39, 0.29) is 13.2 Å². The van der Waals surface area contributed by atoms with E-state index in [9.17, 15) is 15.0 Å². The van der Waals surface area contributed by atoms with Crippen LogP contribution in [0.3, 0.4) is 0 Å². The third-order valence-corrected chi connectivity index (χ3v) is 2.97. The second-order valence-electron chi connectivity index (χ2n) is 4.58. The maximum atomic E-state index is 11.5. The zero-order valence-electron chi connectivity index (χ0n) is 11.4. The summed E-state index contributed by atoms with van der Waals surface area (Å²) < 4.78 is 5.00. The van der Waals surface area contributed by atoms with E-state index in [0.29, 0.717) is 5.69 Å². The standard InChI is InChI=1S/C15H18N2O4/c18-13(14(19)12-7-4-8-16-12)9-17-15(20)21-10-11-5-2-1-3-6-11/h1-8,13-14,16,18-19H,9-10H2,(H,17,20). The molecule has 6 heteroatoms. The molecule has 112 valence electrons. The van der Waals surface area contributed by atoms with Crippen LogP contribution in [0.25, 0.3) is 0 Å². The Kier molecular flexibility index (Phi) is 5.36. The number of hydrogen-bond acceptors (Lipinski definition) is 4. The summed E-state index contributed by atoms with van der Waals surface area (Å²) in [7, 11) is 0. The number of benzene rings is 1. The van der Waals surface area contributed by atoms with Gasteiger partial charge in [0.2, 0.25) is 0 Å². The lowest BCUT2D eigenvalue weighted by Gasteiger charge is -2.17. The van der Waals surface area contributed by atoms with Crippen molar-refractivity contribution in [1.29, 1.82) is 0 Å². The lowest BCUT2D eigenvalue weighted by Crippen LogP contribution is -2.35.